The Morgan fingerprint density at radius 1 is 1.21 bits per heavy atom. The van der Waals surface area contributed by atoms with Gasteiger partial charge < -0.3 is 29.8 Å². The zero-order valence-electron chi connectivity index (χ0n) is 21.2. The molecule has 0 radical (unpaired) electrons. The molecule has 0 bridgehead atoms. The third-order valence-electron chi connectivity index (χ3n) is 8.07. The summed E-state index contributed by atoms with van der Waals surface area (Å²) in [5.41, 5.74) is 7.49. The van der Waals surface area contributed by atoms with Crippen LogP contribution in [0.15, 0.2) is 16.7 Å². The molecule has 1 aliphatic carbocycles. The van der Waals surface area contributed by atoms with Gasteiger partial charge in [-0.1, -0.05) is 0 Å². The molecular formula is C26H28FN7O5. The van der Waals surface area contributed by atoms with Gasteiger partial charge in [0.2, 0.25) is 0 Å². The number of aromatic nitrogens is 3. The number of nitrogens with two attached hydrogens (primary N) is 1. The lowest BCUT2D eigenvalue weighted by Gasteiger charge is -2.38. The maximum Gasteiger partial charge on any atom is 0.416 e. The molecule has 7 rings (SSSR count). The third-order valence-corrected chi connectivity index (χ3v) is 8.07. The molecule has 4 aliphatic rings. The van der Waals surface area contributed by atoms with Crippen molar-refractivity contribution in [3.05, 3.63) is 35.1 Å². The van der Waals surface area contributed by atoms with Crippen molar-refractivity contribution in [2.75, 3.05) is 49.5 Å². The first-order chi connectivity index (χ1) is 18.9. The van der Waals surface area contributed by atoms with E-state index in [4.69, 9.17) is 19.6 Å². The van der Waals surface area contributed by atoms with Crippen molar-refractivity contribution in [3.63, 3.8) is 0 Å². The fourth-order valence-electron chi connectivity index (χ4n) is 6.15. The second-order valence-electron chi connectivity index (χ2n) is 10.8. The third kappa shape index (κ3) is 4.25. The Morgan fingerprint density at radius 2 is 2.05 bits per heavy atom. The highest BCUT2D eigenvalue weighted by Gasteiger charge is 2.48. The van der Waals surface area contributed by atoms with Crippen molar-refractivity contribution >= 4 is 34.7 Å². The Hall–Kier alpha value is -3.84. The second kappa shape index (κ2) is 9.12. The van der Waals surface area contributed by atoms with Gasteiger partial charge in [-0.15, -0.1) is 0 Å². The van der Waals surface area contributed by atoms with Gasteiger partial charge in [-0.05, 0) is 36.0 Å². The van der Waals surface area contributed by atoms with Gasteiger partial charge in [0.1, 0.15) is 11.1 Å². The predicted octanol–water partition coefficient (Wildman–Crippen LogP) is 1.80. The summed E-state index contributed by atoms with van der Waals surface area (Å²) in [5.74, 6) is 0.879. The zero-order chi connectivity index (χ0) is 26.7. The van der Waals surface area contributed by atoms with Gasteiger partial charge in [0.05, 0.1) is 12.7 Å². The highest BCUT2D eigenvalue weighted by atomic mass is 19.1. The van der Waals surface area contributed by atoms with E-state index in [-0.39, 0.29) is 35.6 Å². The predicted molar refractivity (Wildman–Crippen MR) is 136 cm³/mol. The first-order valence-electron chi connectivity index (χ1n) is 13.2. The number of ether oxygens (including phenoxy) is 2. The fourth-order valence-corrected chi connectivity index (χ4v) is 6.15. The van der Waals surface area contributed by atoms with Gasteiger partial charge in [-0.3, -0.25) is 9.69 Å². The molecule has 12 nitrogen and oxygen atoms in total. The molecule has 0 saturated carbocycles. The number of hydrogen-bond donors (Lipinski definition) is 2. The average Bonchev–Trinajstić information content (AvgIpc) is 3.61. The number of hydrogen-bond acceptors (Lipinski definition) is 10. The number of carbonyl (C=O) groups excluding carboxylic acids is 2. The molecule has 39 heavy (non-hydrogen) atoms. The maximum atomic E-state index is 15.2. The number of benzene rings is 1. The minimum atomic E-state index is -0.604. The maximum absolute atomic E-state index is 15.2. The number of rotatable bonds is 5. The van der Waals surface area contributed by atoms with Crippen LogP contribution in [-0.2, 0) is 28.8 Å². The molecule has 2 saturated heterocycles. The van der Waals surface area contributed by atoms with Crippen LogP contribution in [0, 0.1) is 11.7 Å². The lowest BCUT2D eigenvalue weighted by molar-refractivity contribution is -0.118. The second-order valence-corrected chi connectivity index (χ2v) is 10.8. The molecule has 1 unspecified atom stereocenters. The SMILES string of the molecule is NCCc1nc2cc3c(c(F)c2o1)CC(CN1CCC2(CC1)CN(c1cnc4c(n1)NC(=O)CO4)C(=O)O2)C3. The number of likely N-dealkylation sites (tertiary alicyclic amines) is 1. The van der Waals surface area contributed by atoms with E-state index in [1.54, 1.807) is 0 Å². The molecule has 2 fully saturated rings. The number of nitrogens with one attached hydrogen (secondary N) is 1. The van der Waals surface area contributed by atoms with Crippen LogP contribution in [-0.4, -0.2) is 76.8 Å². The summed E-state index contributed by atoms with van der Waals surface area (Å²) >= 11 is 0. The molecule has 1 aromatic carbocycles. The molecule has 3 aromatic rings. The van der Waals surface area contributed by atoms with Gasteiger partial charge in [0.15, 0.2) is 35.5 Å². The highest BCUT2D eigenvalue weighted by Crippen LogP contribution is 2.38. The number of carbonyl (C=O) groups is 2. The Balaban J connectivity index is 0.980. The van der Waals surface area contributed by atoms with Gasteiger partial charge in [-0.25, -0.2) is 24.1 Å². The summed E-state index contributed by atoms with van der Waals surface area (Å²) in [6, 6.07) is 1.95. The van der Waals surface area contributed by atoms with E-state index in [1.807, 2.05) is 6.07 Å². The van der Waals surface area contributed by atoms with E-state index in [1.165, 1.54) is 11.1 Å². The van der Waals surface area contributed by atoms with Crippen LogP contribution >= 0.6 is 0 Å². The van der Waals surface area contributed by atoms with Crippen LogP contribution in [0.4, 0.5) is 20.8 Å². The van der Waals surface area contributed by atoms with E-state index in [2.05, 4.69) is 25.2 Å². The quantitative estimate of drug-likeness (QED) is 0.493. The van der Waals surface area contributed by atoms with Crippen LogP contribution in [0.3, 0.4) is 0 Å². The van der Waals surface area contributed by atoms with E-state index in [9.17, 15) is 9.59 Å². The van der Waals surface area contributed by atoms with Crippen LogP contribution in [0.2, 0.25) is 0 Å². The lowest BCUT2D eigenvalue weighted by Crippen LogP contribution is -2.48. The number of nitrogens with zero attached hydrogens (tertiary/aromatic N) is 5. The minimum absolute atomic E-state index is 0.116. The molecule has 1 spiro atoms. The Bertz CT molecular complexity index is 1490. The average molecular weight is 538 g/mol. The Labute approximate surface area is 222 Å². The van der Waals surface area contributed by atoms with Crippen LogP contribution in [0.1, 0.15) is 29.9 Å². The largest absolute Gasteiger partial charge is 0.465 e. The summed E-state index contributed by atoms with van der Waals surface area (Å²) in [6.45, 7) is 3.02. The summed E-state index contributed by atoms with van der Waals surface area (Å²) in [6.07, 6.45) is 4.28. The zero-order valence-corrected chi connectivity index (χ0v) is 21.2. The fraction of sp³-hybridized carbons (Fsp3) is 0.500. The molecule has 2 amide bonds. The molecule has 13 heteroatoms. The van der Waals surface area contributed by atoms with Crippen LogP contribution < -0.4 is 20.7 Å². The number of amides is 2. The molecule has 5 heterocycles. The molecular weight excluding hydrogens is 509 g/mol. The van der Waals surface area contributed by atoms with Crippen LogP contribution in [0.25, 0.3) is 11.1 Å². The van der Waals surface area contributed by atoms with Crippen molar-refractivity contribution in [2.24, 2.45) is 11.7 Å². The number of anilines is 2. The summed E-state index contributed by atoms with van der Waals surface area (Å²) in [7, 11) is 0. The molecule has 204 valence electrons. The standard InChI is InChI=1S/C26H28FN7O5/c27-21-16-8-14(7-15(16)9-17-22(21)38-20(30-17)1-4-28)11-33-5-2-26(3-6-33)13-34(25(36)39-26)18-10-29-24-23(31-18)32-19(35)12-37-24/h9-10,14H,1-8,11-13,28H2,(H,31,32,35). The van der Waals surface area contributed by atoms with E-state index >= 15 is 4.39 Å². The minimum Gasteiger partial charge on any atom is -0.465 e. The number of fused-ring (bicyclic) bond motifs is 3. The summed E-state index contributed by atoms with van der Waals surface area (Å²) in [4.78, 5) is 41.2. The normalized spacial score (nSPS) is 22.1. The van der Waals surface area contributed by atoms with Crippen molar-refractivity contribution in [1.82, 2.24) is 19.9 Å². The molecule has 3 aliphatic heterocycles. The first kappa shape index (κ1) is 24.2. The Kier molecular flexibility index (Phi) is 5.67. The number of piperidine rings is 1. The number of oxazole rings is 1. The summed E-state index contributed by atoms with van der Waals surface area (Å²) in [5, 5.41) is 2.62. The van der Waals surface area contributed by atoms with Gasteiger partial charge >= 0.3 is 6.09 Å². The van der Waals surface area contributed by atoms with E-state index < -0.39 is 11.7 Å². The smallest absolute Gasteiger partial charge is 0.416 e. The van der Waals surface area contributed by atoms with E-state index in [0.29, 0.717) is 61.9 Å². The van der Waals surface area contributed by atoms with Crippen molar-refractivity contribution < 1.29 is 27.9 Å². The van der Waals surface area contributed by atoms with Gasteiger partial charge in [0, 0.05) is 45.4 Å². The van der Waals surface area contributed by atoms with E-state index in [0.717, 1.165) is 37.2 Å². The Morgan fingerprint density at radius 3 is 2.87 bits per heavy atom. The molecule has 1 atom stereocenters. The highest BCUT2D eigenvalue weighted by molar-refractivity contribution is 5.94. The lowest BCUT2D eigenvalue weighted by atomic mass is 9.90. The monoisotopic (exact) mass is 537 g/mol. The van der Waals surface area contributed by atoms with Crippen molar-refractivity contribution in [2.45, 2.75) is 37.7 Å². The summed E-state index contributed by atoms with van der Waals surface area (Å²) < 4.78 is 32.0. The van der Waals surface area contributed by atoms with Gasteiger partial charge in [0.25, 0.3) is 11.8 Å². The first-order valence-corrected chi connectivity index (χ1v) is 13.2. The van der Waals surface area contributed by atoms with Gasteiger partial charge in [-0.2, -0.15) is 0 Å². The van der Waals surface area contributed by atoms with Crippen LogP contribution in [0.5, 0.6) is 5.88 Å². The van der Waals surface area contributed by atoms with Crippen molar-refractivity contribution in [1.29, 1.82) is 0 Å². The molecule has 3 N–H and O–H groups in total. The molecule has 2 aromatic heterocycles. The van der Waals surface area contributed by atoms with Crippen molar-refractivity contribution in [3.8, 4) is 5.88 Å². The number of halogens is 1. The topological polar surface area (TPSA) is 149 Å².